The number of carbonyl (C=O) groups excluding carboxylic acids is 1. The molecule has 0 radical (unpaired) electrons. The standard InChI is InChI=1S/C23H25FN4O2/c1-16-8-9-17(15-30-21-11-10-19(24)12-25-21)13-28(16)23(29)22-20(14-27(2)26-22)18-6-4-3-5-7-18/h3-7,10-12,14,16-17H,8-9,13,15H2,1-2H3/t16-,17-/m1/s1. The highest BCUT2D eigenvalue weighted by Gasteiger charge is 2.32. The minimum absolute atomic E-state index is 0.0634. The molecule has 1 saturated heterocycles. The average Bonchev–Trinajstić information content (AvgIpc) is 3.16. The van der Waals surface area contributed by atoms with Gasteiger partial charge in [-0.05, 0) is 31.4 Å². The first-order valence-corrected chi connectivity index (χ1v) is 10.2. The van der Waals surface area contributed by atoms with Crippen molar-refractivity contribution in [3.8, 4) is 17.0 Å². The number of aryl methyl sites for hydroxylation is 1. The van der Waals surface area contributed by atoms with Gasteiger partial charge in [-0.3, -0.25) is 9.48 Å². The van der Waals surface area contributed by atoms with E-state index in [0.717, 1.165) is 30.2 Å². The van der Waals surface area contributed by atoms with Crippen LogP contribution < -0.4 is 4.74 Å². The molecular weight excluding hydrogens is 383 g/mol. The zero-order valence-corrected chi connectivity index (χ0v) is 17.2. The number of ether oxygens (including phenoxy) is 1. The number of piperidine rings is 1. The van der Waals surface area contributed by atoms with Gasteiger partial charge in [-0.15, -0.1) is 0 Å². The maximum absolute atomic E-state index is 13.4. The Labute approximate surface area is 175 Å². The summed E-state index contributed by atoms with van der Waals surface area (Å²) in [5.41, 5.74) is 2.28. The summed E-state index contributed by atoms with van der Waals surface area (Å²) in [7, 11) is 1.83. The van der Waals surface area contributed by atoms with Gasteiger partial charge in [0.05, 0.1) is 12.8 Å². The number of aromatic nitrogens is 3. The fourth-order valence-corrected chi connectivity index (χ4v) is 3.86. The van der Waals surface area contributed by atoms with E-state index in [2.05, 4.69) is 17.0 Å². The number of carbonyl (C=O) groups is 1. The molecular formula is C23H25FN4O2. The first-order chi connectivity index (χ1) is 14.5. The number of benzene rings is 1. The van der Waals surface area contributed by atoms with Gasteiger partial charge in [-0.1, -0.05) is 30.3 Å². The molecule has 0 saturated carbocycles. The topological polar surface area (TPSA) is 60.2 Å². The molecule has 1 aliphatic rings. The normalized spacial score (nSPS) is 19.0. The van der Waals surface area contributed by atoms with Gasteiger partial charge >= 0.3 is 0 Å². The molecule has 2 aromatic heterocycles. The third-order valence-corrected chi connectivity index (χ3v) is 5.52. The molecule has 3 heterocycles. The third kappa shape index (κ3) is 4.35. The second kappa shape index (κ2) is 8.65. The van der Waals surface area contributed by atoms with E-state index in [1.807, 2.05) is 48.5 Å². The SMILES string of the molecule is C[C@@H]1CC[C@@H](COc2ccc(F)cn2)CN1C(=O)c1nn(C)cc1-c1ccccc1. The highest BCUT2D eigenvalue weighted by Crippen LogP contribution is 2.28. The van der Waals surface area contributed by atoms with Gasteiger partial charge in [-0.25, -0.2) is 9.37 Å². The van der Waals surface area contributed by atoms with Crippen LogP contribution >= 0.6 is 0 Å². The van der Waals surface area contributed by atoms with Crippen molar-refractivity contribution in [3.05, 3.63) is 66.4 Å². The summed E-state index contributed by atoms with van der Waals surface area (Å²) >= 11 is 0. The van der Waals surface area contributed by atoms with Gasteiger partial charge < -0.3 is 9.64 Å². The lowest BCUT2D eigenvalue weighted by Crippen LogP contribution is -2.47. The first kappa shape index (κ1) is 20.1. The summed E-state index contributed by atoms with van der Waals surface area (Å²) in [5, 5.41) is 4.47. The second-order valence-corrected chi connectivity index (χ2v) is 7.81. The summed E-state index contributed by atoms with van der Waals surface area (Å²) < 4.78 is 20.4. The molecule has 0 N–H and O–H groups in total. The molecule has 0 bridgehead atoms. The molecule has 0 spiro atoms. The van der Waals surface area contributed by atoms with E-state index in [-0.39, 0.29) is 17.9 Å². The Morgan fingerprint density at radius 3 is 2.73 bits per heavy atom. The van der Waals surface area contributed by atoms with Gasteiger partial charge in [-0.2, -0.15) is 5.10 Å². The van der Waals surface area contributed by atoms with Crippen molar-refractivity contribution in [1.82, 2.24) is 19.7 Å². The highest BCUT2D eigenvalue weighted by atomic mass is 19.1. The molecule has 1 aromatic carbocycles. The zero-order valence-electron chi connectivity index (χ0n) is 17.2. The van der Waals surface area contributed by atoms with Crippen molar-refractivity contribution in [2.45, 2.75) is 25.8 Å². The molecule has 1 fully saturated rings. The quantitative estimate of drug-likeness (QED) is 0.642. The fraction of sp³-hybridized carbons (Fsp3) is 0.348. The molecule has 2 atom stereocenters. The van der Waals surface area contributed by atoms with E-state index < -0.39 is 5.82 Å². The monoisotopic (exact) mass is 408 g/mol. The van der Waals surface area contributed by atoms with Crippen LogP contribution in [0.2, 0.25) is 0 Å². The molecule has 1 amide bonds. The Balaban J connectivity index is 1.49. The maximum atomic E-state index is 13.4. The van der Waals surface area contributed by atoms with Gasteiger partial charge in [0.15, 0.2) is 5.69 Å². The third-order valence-electron chi connectivity index (χ3n) is 5.52. The van der Waals surface area contributed by atoms with Crippen LogP contribution in [0.4, 0.5) is 4.39 Å². The van der Waals surface area contributed by atoms with Crippen molar-refractivity contribution in [1.29, 1.82) is 0 Å². The molecule has 3 aromatic rings. The minimum atomic E-state index is -0.393. The molecule has 6 nitrogen and oxygen atoms in total. The van der Waals surface area contributed by atoms with Crippen LogP contribution in [0.5, 0.6) is 5.88 Å². The lowest BCUT2D eigenvalue weighted by Gasteiger charge is -2.37. The summed E-state index contributed by atoms with van der Waals surface area (Å²) in [5.74, 6) is 0.117. The van der Waals surface area contributed by atoms with E-state index in [0.29, 0.717) is 24.7 Å². The number of hydrogen-bond donors (Lipinski definition) is 0. The minimum Gasteiger partial charge on any atom is -0.477 e. The van der Waals surface area contributed by atoms with Gasteiger partial charge in [0.1, 0.15) is 5.82 Å². The van der Waals surface area contributed by atoms with Crippen LogP contribution in [0.1, 0.15) is 30.3 Å². The van der Waals surface area contributed by atoms with Crippen molar-refractivity contribution in [2.24, 2.45) is 13.0 Å². The van der Waals surface area contributed by atoms with Crippen molar-refractivity contribution >= 4 is 5.91 Å². The Hall–Kier alpha value is -3.22. The van der Waals surface area contributed by atoms with Crippen LogP contribution in [0.3, 0.4) is 0 Å². The van der Waals surface area contributed by atoms with E-state index in [9.17, 15) is 9.18 Å². The molecule has 156 valence electrons. The second-order valence-electron chi connectivity index (χ2n) is 7.81. The van der Waals surface area contributed by atoms with Gasteiger partial charge in [0, 0.05) is 43.4 Å². The summed E-state index contributed by atoms with van der Waals surface area (Å²) in [6.07, 6.45) is 4.88. The molecule has 7 heteroatoms. The molecule has 30 heavy (non-hydrogen) atoms. The number of nitrogens with zero attached hydrogens (tertiary/aromatic N) is 4. The number of hydrogen-bond acceptors (Lipinski definition) is 4. The predicted octanol–water partition coefficient (Wildman–Crippen LogP) is 3.94. The van der Waals surface area contributed by atoms with Crippen LogP contribution in [-0.4, -0.2) is 44.8 Å². The largest absolute Gasteiger partial charge is 0.477 e. The fourth-order valence-electron chi connectivity index (χ4n) is 3.86. The van der Waals surface area contributed by atoms with Crippen LogP contribution in [0.15, 0.2) is 54.9 Å². The smallest absolute Gasteiger partial charge is 0.275 e. The number of amides is 1. The summed E-state index contributed by atoms with van der Waals surface area (Å²) in [6, 6.07) is 12.8. The molecule has 0 aliphatic carbocycles. The first-order valence-electron chi connectivity index (χ1n) is 10.2. The summed E-state index contributed by atoms with van der Waals surface area (Å²) in [6.45, 7) is 3.09. The van der Waals surface area contributed by atoms with E-state index in [4.69, 9.17) is 4.74 Å². The zero-order chi connectivity index (χ0) is 21.1. The Morgan fingerprint density at radius 1 is 1.20 bits per heavy atom. The molecule has 4 rings (SSSR count). The maximum Gasteiger partial charge on any atom is 0.275 e. The predicted molar refractivity (Wildman–Crippen MR) is 112 cm³/mol. The van der Waals surface area contributed by atoms with Crippen LogP contribution in [0, 0.1) is 11.7 Å². The Kier molecular flexibility index (Phi) is 5.79. The van der Waals surface area contributed by atoms with Crippen LogP contribution in [-0.2, 0) is 7.05 Å². The molecule has 0 unspecified atom stereocenters. The van der Waals surface area contributed by atoms with Gasteiger partial charge in [0.25, 0.3) is 5.91 Å². The van der Waals surface area contributed by atoms with E-state index in [1.165, 1.54) is 12.1 Å². The van der Waals surface area contributed by atoms with Gasteiger partial charge in [0.2, 0.25) is 5.88 Å². The number of pyridine rings is 1. The van der Waals surface area contributed by atoms with Crippen molar-refractivity contribution in [3.63, 3.8) is 0 Å². The number of likely N-dealkylation sites (tertiary alicyclic amines) is 1. The lowest BCUT2D eigenvalue weighted by molar-refractivity contribution is 0.0497. The van der Waals surface area contributed by atoms with Crippen LogP contribution in [0.25, 0.3) is 11.1 Å². The highest BCUT2D eigenvalue weighted by molar-refractivity contribution is 5.99. The van der Waals surface area contributed by atoms with E-state index in [1.54, 1.807) is 4.68 Å². The number of rotatable bonds is 5. The van der Waals surface area contributed by atoms with Crippen molar-refractivity contribution < 1.29 is 13.9 Å². The lowest BCUT2D eigenvalue weighted by atomic mass is 9.93. The Bertz CT molecular complexity index is 1000. The van der Waals surface area contributed by atoms with E-state index >= 15 is 0 Å². The number of halogens is 1. The average molecular weight is 408 g/mol. The Morgan fingerprint density at radius 2 is 2.00 bits per heavy atom. The summed E-state index contributed by atoms with van der Waals surface area (Å²) in [4.78, 5) is 19.3. The van der Waals surface area contributed by atoms with Crippen molar-refractivity contribution in [2.75, 3.05) is 13.2 Å². The molecule has 1 aliphatic heterocycles.